The zero-order valence-electron chi connectivity index (χ0n) is 12.4. The maximum atomic E-state index is 4.62. The lowest BCUT2D eigenvalue weighted by atomic mass is 10.3. The molecule has 0 saturated heterocycles. The molecule has 0 aromatic carbocycles. The van der Waals surface area contributed by atoms with E-state index in [-0.39, 0.29) is 0 Å². The summed E-state index contributed by atoms with van der Waals surface area (Å²) < 4.78 is 0. The first kappa shape index (κ1) is 14.1. The first-order valence-electron chi connectivity index (χ1n) is 7.65. The Hall–Kier alpha value is -1.32. The molecule has 0 aliphatic heterocycles. The largest absolute Gasteiger partial charge is 0.370 e. The Bertz CT molecular complexity index is 405. The van der Waals surface area contributed by atoms with Gasteiger partial charge in [0.1, 0.15) is 17.5 Å². The topological polar surface area (TPSA) is 49.8 Å². The van der Waals surface area contributed by atoms with E-state index in [1.807, 2.05) is 6.07 Å². The summed E-state index contributed by atoms with van der Waals surface area (Å²) in [7, 11) is 0. The molecule has 1 fully saturated rings. The summed E-state index contributed by atoms with van der Waals surface area (Å²) in [5.41, 5.74) is 0. The molecular formula is C15H26N4. The zero-order valence-corrected chi connectivity index (χ0v) is 12.4. The Morgan fingerprint density at radius 2 is 1.95 bits per heavy atom. The van der Waals surface area contributed by atoms with Crippen molar-refractivity contribution >= 4 is 11.6 Å². The summed E-state index contributed by atoms with van der Waals surface area (Å²) in [5.74, 6) is 3.71. The van der Waals surface area contributed by atoms with E-state index < -0.39 is 0 Å². The van der Waals surface area contributed by atoms with Crippen molar-refractivity contribution in [2.24, 2.45) is 5.92 Å². The van der Waals surface area contributed by atoms with E-state index >= 15 is 0 Å². The van der Waals surface area contributed by atoms with Crippen molar-refractivity contribution in [3.63, 3.8) is 0 Å². The Morgan fingerprint density at radius 1 is 1.16 bits per heavy atom. The Labute approximate surface area is 116 Å². The SMILES string of the molecule is CCCNc1cc(NC2CC2CC)nc(CCC)n1. The van der Waals surface area contributed by atoms with Crippen molar-refractivity contribution in [1.29, 1.82) is 0 Å². The number of nitrogens with zero attached hydrogens (tertiary/aromatic N) is 2. The van der Waals surface area contributed by atoms with Gasteiger partial charge in [-0.3, -0.25) is 0 Å². The summed E-state index contributed by atoms with van der Waals surface area (Å²) >= 11 is 0. The molecule has 106 valence electrons. The van der Waals surface area contributed by atoms with Gasteiger partial charge in [-0.05, 0) is 25.2 Å². The molecule has 2 atom stereocenters. The number of anilines is 2. The van der Waals surface area contributed by atoms with Gasteiger partial charge in [0, 0.05) is 25.1 Å². The third kappa shape index (κ3) is 4.08. The van der Waals surface area contributed by atoms with Gasteiger partial charge in [0.05, 0.1) is 0 Å². The molecule has 2 rings (SSSR count). The highest BCUT2D eigenvalue weighted by molar-refractivity contribution is 5.49. The second-order valence-electron chi connectivity index (χ2n) is 5.39. The fourth-order valence-corrected chi connectivity index (χ4v) is 2.32. The fraction of sp³-hybridized carbons (Fsp3) is 0.733. The van der Waals surface area contributed by atoms with Crippen LogP contribution in [-0.2, 0) is 6.42 Å². The number of nitrogens with one attached hydrogen (secondary N) is 2. The van der Waals surface area contributed by atoms with Crippen molar-refractivity contribution in [2.75, 3.05) is 17.2 Å². The highest BCUT2D eigenvalue weighted by Gasteiger charge is 2.35. The Morgan fingerprint density at radius 3 is 2.58 bits per heavy atom. The minimum absolute atomic E-state index is 0.619. The van der Waals surface area contributed by atoms with Gasteiger partial charge in [-0.25, -0.2) is 9.97 Å². The van der Waals surface area contributed by atoms with Crippen LogP contribution in [0.4, 0.5) is 11.6 Å². The molecule has 1 aromatic heterocycles. The van der Waals surface area contributed by atoms with E-state index in [0.29, 0.717) is 6.04 Å². The maximum Gasteiger partial charge on any atom is 0.133 e. The smallest absolute Gasteiger partial charge is 0.133 e. The molecule has 1 aliphatic rings. The van der Waals surface area contributed by atoms with Gasteiger partial charge in [0.15, 0.2) is 0 Å². The van der Waals surface area contributed by atoms with Crippen molar-refractivity contribution in [3.8, 4) is 0 Å². The highest BCUT2D eigenvalue weighted by atomic mass is 15.1. The van der Waals surface area contributed by atoms with Crippen LogP contribution >= 0.6 is 0 Å². The average molecular weight is 262 g/mol. The van der Waals surface area contributed by atoms with Crippen LogP contribution in [0.15, 0.2) is 6.07 Å². The standard InChI is InChI=1S/C15H26N4/c1-4-7-13-18-14(16-8-5-2)10-15(19-13)17-12-9-11(12)6-3/h10-12H,4-9H2,1-3H3,(H2,16,17,18,19). The van der Waals surface area contributed by atoms with Gasteiger partial charge in [0.25, 0.3) is 0 Å². The third-order valence-corrected chi connectivity index (χ3v) is 3.58. The van der Waals surface area contributed by atoms with E-state index in [4.69, 9.17) is 0 Å². The van der Waals surface area contributed by atoms with Gasteiger partial charge in [0.2, 0.25) is 0 Å². The number of hydrogen-bond donors (Lipinski definition) is 2. The predicted molar refractivity (Wildman–Crippen MR) is 80.6 cm³/mol. The third-order valence-electron chi connectivity index (χ3n) is 3.58. The van der Waals surface area contributed by atoms with Gasteiger partial charge in [-0.1, -0.05) is 27.2 Å². The van der Waals surface area contributed by atoms with Crippen molar-refractivity contribution in [1.82, 2.24) is 9.97 Å². The summed E-state index contributed by atoms with van der Waals surface area (Å²) in [6.45, 7) is 7.54. The Balaban J connectivity index is 2.05. The molecule has 2 unspecified atom stereocenters. The van der Waals surface area contributed by atoms with Crippen molar-refractivity contribution in [3.05, 3.63) is 11.9 Å². The minimum Gasteiger partial charge on any atom is -0.370 e. The number of rotatable bonds is 8. The molecule has 0 bridgehead atoms. The fourth-order valence-electron chi connectivity index (χ4n) is 2.32. The van der Waals surface area contributed by atoms with Gasteiger partial charge in [-0.15, -0.1) is 0 Å². The Kier molecular flexibility index (Phi) is 5.00. The predicted octanol–water partition coefficient (Wildman–Crippen LogP) is 3.46. The zero-order chi connectivity index (χ0) is 13.7. The first-order chi connectivity index (χ1) is 9.26. The molecule has 1 aliphatic carbocycles. The monoisotopic (exact) mass is 262 g/mol. The lowest BCUT2D eigenvalue weighted by Gasteiger charge is -2.10. The number of aryl methyl sites for hydroxylation is 1. The second kappa shape index (κ2) is 6.73. The van der Waals surface area contributed by atoms with Gasteiger partial charge in [-0.2, -0.15) is 0 Å². The second-order valence-corrected chi connectivity index (χ2v) is 5.39. The lowest BCUT2D eigenvalue weighted by molar-refractivity contribution is 0.770. The molecule has 2 N–H and O–H groups in total. The molecule has 4 nitrogen and oxygen atoms in total. The van der Waals surface area contributed by atoms with Crippen LogP contribution in [0, 0.1) is 5.92 Å². The first-order valence-corrected chi connectivity index (χ1v) is 7.65. The molecule has 0 radical (unpaired) electrons. The summed E-state index contributed by atoms with van der Waals surface area (Å²) in [6.07, 6.45) is 5.67. The van der Waals surface area contributed by atoms with Crippen molar-refractivity contribution < 1.29 is 0 Å². The molecule has 1 saturated carbocycles. The maximum absolute atomic E-state index is 4.62. The average Bonchev–Trinajstić information content (AvgIpc) is 3.15. The number of hydrogen-bond acceptors (Lipinski definition) is 4. The van der Waals surface area contributed by atoms with Crippen LogP contribution in [0.3, 0.4) is 0 Å². The number of aromatic nitrogens is 2. The van der Waals surface area contributed by atoms with E-state index in [1.54, 1.807) is 0 Å². The normalized spacial score (nSPS) is 21.2. The van der Waals surface area contributed by atoms with Gasteiger partial charge >= 0.3 is 0 Å². The lowest BCUT2D eigenvalue weighted by Crippen LogP contribution is -2.11. The molecular weight excluding hydrogens is 236 g/mol. The van der Waals surface area contributed by atoms with Crippen LogP contribution in [0.1, 0.15) is 52.3 Å². The molecule has 0 amide bonds. The highest BCUT2D eigenvalue weighted by Crippen LogP contribution is 2.35. The molecule has 1 heterocycles. The summed E-state index contributed by atoms with van der Waals surface area (Å²) in [6, 6.07) is 2.66. The van der Waals surface area contributed by atoms with E-state index in [1.165, 1.54) is 12.8 Å². The van der Waals surface area contributed by atoms with Crippen LogP contribution in [0.2, 0.25) is 0 Å². The summed E-state index contributed by atoms with van der Waals surface area (Å²) in [4.78, 5) is 9.18. The van der Waals surface area contributed by atoms with E-state index in [2.05, 4.69) is 41.4 Å². The molecule has 0 spiro atoms. The molecule has 19 heavy (non-hydrogen) atoms. The molecule has 1 aromatic rings. The quantitative estimate of drug-likeness (QED) is 0.753. The van der Waals surface area contributed by atoms with E-state index in [0.717, 1.165) is 49.2 Å². The van der Waals surface area contributed by atoms with Crippen LogP contribution in [-0.4, -0.2) is 22.6 Å². The van der Waals surface area contributed by atoms with Crippen LogP contribution < -0.4 is 10.6 Å². The van der Waals surface area contributed by atoms with Crippen LogP contribution in [0.25, 0.3) is 0 Å². The minimum atomic E-state index is 0.619. The van der Waals surface area contributed by atoms with Crippen LogP contribution in [0.5, 0.6) is 0 Å². The van der Waals surface area contributed by atoms with E-state index in [9.17, 15) is 0 Å². The van der Waals surface area contributed by atoms with Gasteiger partial charge < -0.3 is 10.6 Å². The van der Waals surface area contributed by atoms with Crippen molar-refractivity contribution in [2.45, 2.75) is 58.9 Å². The molecule has 4 heteroatoms. The summed E-state index contributed by atoms with van der Waals surface area (Å²) in [5, 5.41) is 6.90.